The Hall–Kier alpha value is -3.41. The first kappa shape index (κ1) is 19.4. The predicted molar refractivity (Wildman–Crippen MR) is 112 cm³/mol. The van der Waals surface area contributed by atoms with Gasteiger partial charge in [0.1, 0.15) is 17.3 Å². The monoisotopic (exact) mass is 376 g/mol. The van der Waals surface area contributed by atoms with Crippen LogP contribution in [0.5, 0.6) is 5.75 Å². The Morgan fingerprint density at radius 1 is 1.04 bits per heavy atom. The highest BCUT2D eigenvalue weighted by atomic mass is 16.5. The van der Waals surface area contributed by atoms with Gasteiger partial charge >= 0.3 is 0 Å². The first-order valence-electron chi connectivity index (χ1n) is 9.12. The van der Waals surface area contributed by atoms with Gasteiger partial charge in [-0.15, -0.1) is 0 Å². The fourth-order valence-electron chi connectivity index (χ4n) is 2.87. The Labute approximate surface area is 165 Å². The van der Waals surface area contributed by atoms with Gasteiger partial charge in [0.15, 0.2) is 0 Å². The summed E-state index contributed by atoms with van der Waals surface area (Å²) in [4.78, 5) is 21.1. The Balaban J connectivity index is 1.74. The molecule has 0 unspecified atom stereocenters. The van der Waals surface area contributed by atoms with Gasteiger partial charge in [0, 0.05) is 5.69 Å². The molecule has 0 radical (unpaired) electrons. The zero-order valence-electron chi connectivity index (χ0n) is 16.5. The molecule has 0 saturated heterocycles. The lowest BCUT2D eigenvalue weighted by Gasteiger charge is -2.13. The number of para-hydroxylation sites is 1. The molecule has 0 bridgehead atoms. The van der Waals surface area contributed by atoms with Crippen molar-refractivity contribution in [2.24, 2.45) is 0 Å². The van der Waals surface area contributed by atoms with Crippen LogP contribution in [0.4, 0.5) is 17.2 Å². The van der Waals surface area contributed by atoms with Crippen LogP contribution in [0.25, 0.3) is 0 Å². The lowest BCUT2D eigenvalue weighted by Crippen LogP contribution is -2.15. The van der Waals surface area contributed by atoms with Crippen LogP contribution in [0.2, 0.25) is 0 Å². The second-order valence-electron chi connectivity index (χ2n) is 6.81. The molecule has 3 aromatic rings. The molecule has 6 nitrogen and oxygen atoms in total. The largest absolute Gasteiger partial charge is 0.495 e. The number of hydrogen-bond donors (Lipinski definition) is 2. The van der Waals surface area contributed by atoms with Crippen LogP contribution in [0.3, 0.4) is 0 Å². The Morgan fingerprint density at radius 2 is 1.82 bits per heavy atom. The SMILES string of the molecule is COc1ccc(C)cc1Nc1cnc(C(=O)Nc2ccccc2C(C)C)cn1. The molecule has 28 heavy (non-hydrogen) atoms. The minimum atomic E-state index is -0.291. The average molecular weight is 376 g/mol. The van der Waals surface area contributed by atoms with Gasteiger partial charge in [-0.2, -0.15) is 0 Å². The van der Waals surface area contributed by atoms with Gasteiger partial charge in [-0.1, -0.05) is 38.1 Å². The van der Waals surface area contributed by atoms with Crippen molar-refractivity contribution in [1.29, 1.82) is 0 Å². The quantitative estimate of drug-likeness (QED) is 0.639. The van der Waals surface area contributed by atoms with Crippen molar-refractivity contribution >= 4 is 23.1 Å². The number of nitrogens with one attached hydrogen (secondary N) is 2. The third-order valence-electron chi connectivity index (χ3n) is 4.33. The van der Waals surface area contributed by atoms with E-state index in [1.165, 1.54) is 12.4 Å². The lowest BCUT2D eigenvalue weighted by atomic mass is 10.0. The minimum Gasteiger partial charge on any atom is -0.495 e. The van der Waals surface area contributed by atoms with E-state index in [1.807, 2.05) is 49.4 Å². The van der Waals surface area contributed by atoms with E-state index in [0.717, 1.165) is 22.5 Å². The second-order valence-corrected chi connectivity index (χ2v) is 6.81. The van der Waals surface area contributed by atoms with Gasteiger partial charge in [0.2, 0.25) is 0 Å². The fourth-order valence-corrected chi connectivity index (χ4v) is 2.87. The maximum absolute atomic E-state index is 12.5. The number of rotatable bonds is 6. The van der Waals surface area contributed by atoms with Gasteiger partial charge in [-0.25, -0.2) is 9.97 Å². The van der Waals surface area contributed by atoms with E-state index in [0.29, 0.717) is 17.5 Å². The van der Waals surface area contributed by atoms with Crippen molar-refractivity contribution in [2.45, 2.75) is 26.7 Å². The van der Waals surface area contributed by atoms with Crippen LogP contribution in [0.15, 0.2) is 54.9 Å². The predicted octanol–water partition coefficient (Wildman–Crippen LogP) is 4.91. The number of methoxy groups -OCH3 is 1. The van der Waals surface area contributed by atoms with Crippen molar-refractivity contribution in [2.75, 3.05) is 17.7 Å². The van der Waals surface area contributed by atoms with E-state index >= 15 is 0 Å². The third kappa shape index (κ3) is 4.46. The van der Waals surface area contributed by atoms with E-state index in [1.54, 1.807) is 7.11 Å². The summed E-state index contributed by atoms with van der Waals surface area (Å²) in [5, 5.41) is 6.10. The van der Waals surface area contributed by atoms with E-state index in [4.69, 9.17) is 4.74 Å². The van der Waals surface area contributed by atoms with Gasteiger partial charge in [0.25, 0.3) is 5.91 Å². The molecule has 2 N–H and O–H groups in total. The summed E-state index contributed by atoms with van der Waals surface area (Å²) < 4.78 is 5.36. The standard InChI is InChI=1S/C22H24N4O2/c1-14(2)16-7-5-6-8-17(16)26-22(27)19-12-24-21(13-23-19)25-18-11-15(3)9-10-20(18)28-4/h5-14H,1-4H3,(H,24,25)(H,26,27). The van der Waals surface area contributed by atoms with Gasteiger partial charge in [-0.05, 0) is 42.2 Å². The summed E-state index contributed by atoms with van der Waals surface area (Å²) in [7, 11) is 1.62. The summed E-state index contributed by atoms with van der Waals surface area (Å²) in [6.07, 6.45) is 2.99. The van der Waals surface area contributed by atoms with Gasteiger partial charge < -0.3 is 15.4 Å². The topological polar surface area (TPSA) is 76.1 Å². The average Bonchev–Trinajstić information content (AvgIpc) is 2.69. The molecule has 0 fully saturated rings. The number of carbonyl (C=O) groups is 1. The van der Waals surface area contributed by atoms with Crippen LogP contribution in [-0.4, -0.2) is 23.0 Å². The number of ether oxygens (including phenoxy) is 1. The molecule has 0 aliphatic carbocycles. The van der Waals surface area contributed by atoms with Gasteiger partial charge in [-0.3, -0.25) is 4.79 Å². The molecular formula is C22H24N4O2. The van der Waals surface area contributed by atoms with E-state index < -0.39 is 0 Å². The maximum Gasteiger partial charge on any atom is 0.275 e. The number of hydrogen-bond acceptors (Lipinski definition) is 5. The Kier molecular flexibility index (Phi) is 5.89. The maximum atomic E-state index is 12.5. The third-order valence-corrected chi connectivity index (χ3v) is 4.33. The minimum absolute atomic E-state index is 0.250. The van der Waals surface area contributed by atoms with Crippen LogP contribution < -0.4 is 15.4 Å². The number of anilines is 3. The number of aryl methyl sites for hydroxylation is 1. The molecule has 144 valence electrons. The molecule has 1 amide bonds. The van der Waals surface area contributed by atoms with Crippen molar-refractivity contribution in [1.82, 2.24) is 9.97 Å². The number of amides is 1. The molecule has 2 aromatic carbocycles. The van der Waals surface area contributed by atoms with E-state index in [-0.39, 0.29) is 11.6 Å². The number of aromatic nitrogens is 2. The number of nitrogens with zero attached hydrogens (tertiary/aromatic N) is 2. The molecular weight excluding hydrogens is 352 g/mol. The molecule has 0 spiro atoms. The molecule has 0 saturated carbocycles. The Bertz CT molecular complexity index is 969. The normalized spacial score (nSPS) is 10.6. The summed E-state index contributed by atoms with van der Waals surface area (Å²) in [6.45, 7) is 6.17. The highest BCUT2D eigenvalue weighted by Gasteiger charge is 2.13. The molecule has 1 aromatic heterocycles. The van der Waals surface area contributed by atoms with Crippen LogP contribution in [0.1, 0.15) is 41.4 Å². The number of benzene rings is 2. The Morgan fingerprint density at radius 3 is 2.50 bits per heavy atom. The van der Waals surface area contributed by atoms with Crippen molar-refractivity contribution in [3.63, 3.8) is 0 Å². The van der Waals surface area contributed by atoms with Crippen molar-refractivity contribution in [3.05, 3.63) is 71.7 Å². The molecule has 1 heterocycles. The van der Waals surface area contributed by atoms with E-state index in [2.05, 4.69) is 34.4 Å². The smallest absolute Gasteiger partial charge is 0.275 e. The number of carbonyl (C=O) groups excluding carboxylic acids is 1. The summed E-state index contributed by atoms with van der Waals surface area (Å²) in [6, 6.07) is 13.6. The van der Waals surface area contributed by atoms with Crippen LogP contribution in [-0.2, 0) is 0 Å². The van der Waals surface area contributed by atoms with Gasteiger partial charge in [0.05, 0.1) is 25.2 Å². The first-order valence-corrected chi connectivity index (χ1v) is 9.12. The zero-order valence-corrected chi connectivity index (χ0v) is 16.5. The summed E-state index contributed by atoms with van der Waals surface area (Å²) >= 11 is 0. The lowest BCUT2D eigenvalue weighted by molar-refractivity contribution is 0.102. The van der Waals surface area contributed by atoms with Crippen LogP contribution in [0, 0.1) is 6.92 Å². The van der Waals surface area contributed by atoms with Crippen molar-refractivity contribution < 1.29 is 9.53 Å². The van der Waals surface area contributed by atoms with Crippen LogP contribution >= 0.6 is 0 Å². The second kappa shape index (κ2) is 8.52. The fraction of sp³-hybridized carbons (Fsp3) is 0.227. The molecule has 0 aliphatic rings. The molecule has 3 rings (SSSR count). The summed E-state index contributed by atoms with van der Waals surface area (Å²) in [5.74, 6) is 1.25. The van der Waals surface area contributed by atoms with E-state index in [9.17, 15) is 4.79 Å². The molecule has 0 atom stereocenters. The molecule has 0 aliphatic heterocycles. The highest BCUT2D eigenvalue weighted by molar-refractivity contribution is 6.03. The zero-order chi connectivity index (χ0) is 20.1. The van der Waals surface area contributed by atoms with Crippen molar-refractivity contribution in [3.8, 4) is 5.75 Å². The first-order chi connectivity index (χ1) is 13.5. The summed E-state index contributed by atoms with van der Waals surface area (Å²) in [5.41, 5.74) is 4.00. The highest BCUT2D eigenvalue weighted by Crippen LogP contribution is 2.28. The molecule has 6 heteroatoms.